The first-order chi connectivity index (χ1) is 18.1. The predicted octanol–water partition coefficient (Wildman–Crippen LogP) is 9.24. The Morgan fingerprint density at radius 2 is 1.05 bits per heavy atom. The molecule has 0 spiro atoms. The van der Waals surface area contributed by atoms with Crippen LogP contribution in [0.2, 0.25) is 0 Å². The van der Waals surface area contributed by atoms with E-state index in [-0.39, 0.29) is 5.41 Å². The smallest absolute Gasteiger partial charge is 0.0713 e. The Hall–Kier alpha value is -4.16. The van der Waals surface area contributed by atoms with Gasteiger partial charge in [-0.1, -0.05) is 146 Å². The molecule has 0 atom stereocenters. The summed E-state index contributed by atoms with van der Waals surface area (Å²) >= 11 is 0. The van der Waals surface area contributed by atoms with Gasteiger partial charge >= 0.3 is 0 Å². The maximum atomic E-state index is 3.83. The van der Waals surface area contributed by atoms with Crippen LogP contribution in [0.1, 0.15) is 44.5 Å². The van der Waals surface area contributed by atoms with Crippen molar-refractivity contribution in [1.82, 2.24) is 0 Å². The highest BCUT2D eigenvalue weighted by Crippen LogP contribution is 2.56. The molecule has 37 heavy (non-hydrogen) atoms. The minimum Gasteiger partial charge on any atom is -0.0991 e. The number of aryl methyl sites for hydroxylation is 2. The van der Waals surface area contributed by atoms with Crippen LogP contribution in [-0.2, 0) is 18.3 Å². The van der Waals surface area contributed by atoms with Crippen LogP contribution >= 0.6 is 0 Å². The third-order valence-electron chi connectivity index (χ3n) is 7.42. The second-order valence-corrected chi connectivity index (χ2v) is 9.98. The summed E-state index contributed by atoms with van der Waals surface area (Å²) in [5.74, 6) is 0. The van der Waals surface area contributed by atoms with Gasteiger partial charge in [0.15, 0.2) is 0 Å². The highest BCUT2D eigenvalue weighted by molar-refractivity contribution is 5.86. The molecule has 0 saturated carbocycles. The molecule has 0 fully saturated rings. The normalized spacial score (nSPS) is 13.6. The zero-order valence-electron chi connectivity index (χ0n) is 21.9. The Morgan fingerprint density at radius 1 is 0.595 bits per heavy atom. The highest BCUT2D eigenvalue weighted by Gasteiger charge is 2.46. The lowest BCUT2D eigenvalue weighted by atomic mass is 9.66. The van der Waals surface area contributed by atoms with Gasteiger partial charge in [-0.25, -0.2) is 0 Å². The molecule has 0 N–H and O–H groups in total. The summed E-state index contributed by atoms with van der Waals surface area (Å²) < 4.78 is 0. The van der Waals surface area contributed by atoms with Gasteiger partial charge in [-0.3, -0.25) is 0 Å². The lowest BCUT2D eigenvalue weighted by molar-refractivity contribution is 0.763. The van der Waals surface area contributed by atoms with E-state index in [1.54, 1.807) is 0 Å². The van der Waals surface area contributed by atoms with Gasteiger partial charge in [-0.15, -0.1) is 0 Å². The molecule has 1 aliphatic rings. The lowest BCUT2D eigenvalue weighted by Crippen LogP contribution is -2.29. The summed E-state index contributed by atoms with van der Waals surface area (Å²) in [4.78, 5) is 0. The summed E-state index contributed by atoms with van der Waals surface area (Å²) in [6, 6.07) is 32.2. The Morgan fingerprint density at radius 3 is 1.49 bits per heavy atom. The molecule has 0 heteroatoms. The first-order valence-electron chi connectivity index (χ1n) is 13.0. The molecule has 0 nitrogen and oxygen atoms in total. The van der Waals surface area contributed by atoms with Crippen molar-refractivity contribution in [2.75, 3.05) is 0 Å². The summed E-state index contributed by atoms with van der Waals surface area (Å²) in [5, 5.41) is 0. The summed E-state index contributed by atoms with van der Waals surface area (Å²) in [5.41, 5.74) is 12.8. The van der Waals surface area contributed by atoms with Crippen molar-refractivity contribution in [2.45, 2.75) is 32.1 Å². The van der Waals surface area contributed by atoms with Gasteiger partial charge in [0.25, 0.3) is 0 Å². The van der Waals surface area contributed by atoms with Crippen LogP contribution < -0.4 is 0 Å². The van der Waals surface area contributed by atoms with Gasteiger partial charge in [0.1, 0.15) is 0 Å². The Bertz CT molecular complexity index is 1410. The maximum absolute atomic E-state index is 3.83. The van der Waals surface area contributed by atoms with Gasteiger partial charge < -0.3 is 0 Å². The van der Waals surface area contributed by atoms with E-state index in [2.05, 4.69) is 124 Å². The molecule has 4 aromatic carbocycles. The van der Waals surface area contributed by atoms with Crippen LogP contribution in [0.4, 0.5) is 0 Å². The molecule has 5 rings (SSSR count). The first kappa shape index (κ1) is 24.5. The quantitative estimate of drug-likeness (QED) is 0.195. The second kappa shape index (κ2) is 10.4. The van der Waals surface area contributed by atoms with Crippen LogP contribution in [0.3, 0.4) is 0 Å². The van der Waals surface area contributed by atoms with Crippen molar-refractivity contribution in [3.8, 4) is 11.1 Å². The second-order valence-electron chi connectivity index (χ2n) is 9.98. The van der Waals surface area contributed by atoms with Gasteiger partial charge in [0.2, 0.25) is 0 Å². The van der Waals surface area contributed by atoms with E-state index in [4.69, 9.17) is 0 Å². The Kier molecular flexibility index (Phi) is 6.93. The van der Waals surface area contributed by atoms with Crippen molar-refractivity contribution in [3.63, 3.8) is 0 Å². The van der Waals surface area contributed by atoms with Crippen molar-refractivity contribution < 1.29 is 0 Å². The topological polar surface area (TPSA) is 0 Å². The third-order valence-corrected chi connectivity index (χ3v) is 7.42. The number of allylic oxidation sites excluding steroid dienone is 6. The minimum atomic E-state index is -0.390. The van der Waals surface area contributed by atoms with E-state index in [1.807, 2.05) is 24.3 Å². The van der Waals surface area contributed by atoms with Gasteiger partial charge in [0.05, 0.1) is 5.41 Å². The Labute approximate surface area is 222 Å². The SMILES string of the molecule is C=C/C=C/Cc1cccc(C2(c3cccc(C/C=C/C=C)c3)c3cc(C)ccc3-c3ccc(C)cc32)c1. The number of hydrogen-bond acceptors (Lipinski definition) is 0. The van der Waals surface area contributed by atoms with E-state index < -0.39 is 0 Å². The fourth-order valence-corrected chi connectivity index (χ4v) is 5.80. The average molecular weight is 479 g/mol. The minimum absolute atomic E-state index is 0.390. The van der Waals surface area contributed by atoms with Gasteiger partial charge in [-0.05, 0) is 71.2 Å². The molecule has 0 aromatic heterocycles. The predicted molar refractivity (Wildman–Crippen MR) is 159 cm³/mol. The largest absolute Gasteiger partial charge is 0.0991 e. The number of hydrogen-bond donors (Lipinski definition) is 0. The maximum Gasteiger partial charge on any atom is 0.0713 e. The lowest BCUT2D eigenvalue weighted by Gasteiger charge is -2.35. The summed E-state index contributed by atoms with van der Waals surface area (Å²) in [7, 11) is 0. The fourth-order valence-electron chi connectivity index (χ4n) is 5.80. The zero-order valence-corrected chi connectivity index (χ0v) is 21.9. The molecule has 0 bridgehead atoms. The number of fused-ring (bicyclic) bond motifs is 3. The standard InChI is InChI=1S/C37H34/c1-5-7-9-13-29-15-11-17-31(25-29)37(32-18-12-16-30(26-32)14-10-8-6-2)35-23-27(3)19-21-33(35)34-22-20-28(4)24-36(34)37/h5-12,15-26H,1-2,13-14H2,3-4H3/b9-7+,10-8+. The first-order valence-corrected chi connectivity index (χ1v) is 13.0. The van der Waals surface area contributed by atoms with Crippen molar-refractivity contribution in [3.05, 3.63) is 179 Å². The third kappa shape index (κ3) is 4.45. The molecule has 0 radical (unpaired) electrons. The molecule has 0 saturated heterocycles. The van der Waals surface area contributed by atoms with Crippen LogP contribution in [0.15, 0.2) is 135 Å². The average Bonchev–Trinajstić information content (AvgIpc) is 3.18. The molecule has 0 aliphatic heterocycles. The van der Waals surface area contributed by atoms with Crippen molar-refractivity contribution in [1.29, 1.82) is 0 Å². The molecule has 0 unspecified atom stereocenters. The molecular formula is C37H34. The zero-order chi connectivity index (χ0) is 25.8. The Balaban J connectivity index is 1.84. The van der Waals surface area contributed by atoms with Gasteiger partial charge in [0, 0.05) is 0 Å². The monoisotopic (exact) mass is 478 g/mol. The van der Waals surface area contributed by atoms with Crippen LogP contribution in [0.5, 0.6) is 0 Å². The fraction of sp³-hybridized carbons (Fsp3) is 0.135. The highest BCUT2D eigenvalue weighted by atomic mass is 14.5. The van der Waals surface area contributed by atoms with Crippen LogP contribution in [0, 0.1) is 13.8 Å². The van der Waals surface area contributed by atoms with Crippen molar-refractivity contribution in [2.24, 2.45) is 0 Å². The summed E-state index contributed by atoms with van der Waals surface area (Å²) in [6.45, 7) is 12.1. The molecule has 4 aromatic rings. The van der Waals surface area contributed by atoms with E-state index in [9.17, 15) is 0 Å². The number of rotatable bonds is 8. The van der Waals surface area contributed by atoms with Gasteiger partial charge in [-0.2, -0.15) is 0 Å². The van der Waals surface area contributed by atoms with E-state index >= 15 is 0 Å². The molecule has 182 valence electrons. The molecule has 1 aliphatic carbocycles. The van der Waals surface area contributed by atoms with Crippen LogP contribution in [-0.4, -0.2) is 0 Å². The molecule has 0 amide bonds. The van der Waals surface area contributed by atoms with E-state index in [0.29, 0.717) is 0 Å². The number of benzene rings is 4. The molecule has 0 heterocycles. The molecular weight excluding hydrogens is 444 g/mol. The summed E-state index contributed by atoms with van der Waals surface area (Å²) in [6.07, 6.45) is 13.8. The van der Waals surface area contributed by atoms with E-state index in [1.165, 1.54) is 55.6 Å². The van der Waals surface area contributed by atoms with E-state index in [0.717, 1.165) is 12.8 Å². The van der Waals surface area contributed by atoms with Crippen molar-refractivity contribution >= 4 is 0 Å². The van der Waals surface area contributed by atoms with Crippen LogP contribution in [0.25, 0.3) is 11.1 Å².